The number of non-ortho nitro benzene ring substituents is 1. The maximum absolute atomic E-state index is 12.6. The highest BCUT2D eigenvalue weighted by atomic mass is 16.6. The van der Waals surface area contributed by atoms with Gasteiger partial charge in [-0.05, 0) is 32.0 Å². The molecule has 2 heterocycles. The number of carbonyl (C=O) groups is 1. The number of fused-ring (bicyclic) bond motifs is 1. The van der Waals surface area contributed by atoms with Gasteiger partial charge in [-0.15, -0.1) is 0 Å². The molecule has 2 unspecified atom stereocenters. The Balaban J connectivity index is 2.28. The molecule has 1 aliphatic rings. The monoisotopic (exact) mass is 360 g/mol. The van der Waals surface area contributed by atoms with Gasteiger partial charge in [0.15, 0.2) is 0 Å². The van der Waals surface area contributed by atoms with E-state index in [4.69, 9.17) is 4.74 Å². The van der Waals surface area contributed by atoms with Crippen molar-refractivity contribution in [1.82, 2.24) is 4.57 Å². The number of nitro groups is 1. The topological polar surface area (TPSA) is 132 Å². The van der Waals surface area contributed by atoms with Crippen LogP contribution in [0.25, 0.3) is 0 Å². The molecule has 9 nitrogen and oxygen atoms in total. The Hall–Kier alpha value is -3.20. The summed E-state index contributed by atoms with van der Waals surface area (Å²) in [5.74, 6) is -1.12. The summed E-state index contributed by atoms with van der Waals surface area (Å²) in [7, 11) is 0. The zero-order valence-corrected chi connectivity index (χ0v) is 13.9. The van der Waals surface area contributed by atoms with Crippen LogP contribution < -0.4 is 10.3 Å². The number of aliphatic hydroxyl groups is 1. The fraction of sp³-hybridized carbons (Fsp3) is 0.294. The number of nitro benzene ring substituents is 1. The summed E-state index contributed by atoms with van der Waals surface area (Å²) in [5.41, 5.74) is -2.38. The second-order valence-corrected chi connectivity index (χ2v) is 6.51. The van der Waals surface area contributed by atoms with E-state index in [1.165, 1.54) is 30.5 Å². The lowest BCUT2D eigenvalue weighted by atomic mass is 9.86. The number of carboxylic acids is 1. The lowest BCUT2D eigenvalue weighted by Crippen LogP contribution is -2.52. The van der Waals surface area contributed by atoms with Crippen LogP contribution in [0.1, 0.15) is 35.8 Å². The SMILES string of the molecule is CC1(C)Oc2ccc([N+](=O)[O-])cc2C(n2cccc(C(=O)O)c2=O)C1O. The molecule has 0 radical (unpaired) electrons. The van der Waals surface area contributed by atoms with Gasteiger partial charge in [0, 0.05) is 23.9 Å². The average molecular weight is 360 g/mol. The van der Waals surface area contributed by atoms with Gasteiger partial charge in [-0.2, -0.15) is 0 Å². The molecule has 1 aromatic carbocycles. The number of aromatic carboxylic acids is 1. The first-order valence-electron chi connectivity index (χ1n) is 7.73. The standard InChI is InChI=1S/C17H16N2O7/c1-17(2)14(20)13(18-7-3-4-10(15(18)21)16(22)23)11-8-9(19(24)25)5-6-12(11)26-17/h3-8,13-14,20H,1-2H3,(H,22,23). The van der Waals surface area contributed by atoms with Gasteiger partial charge in [0.1, 0.15) is 23.0 Å². The fourth-order valence-electron chi connectivity index (χ4n) is 3.06. The average Bonchev–Trinajstić information content (AvgIpc) is 2.56. The lowest BCUT2D eigenvalue weighted by Gasteiger charge is -2.42. The Bertz CT molecular complexity index is 964. The fourth-order valence-corrected chi connectivity index (χ4v) is 3.06. The first-order chi connectivity index (χ1) is 12.1. The number of carboxylic acid groups (broad SMARTS) is 1. The molecule has 0 saturated carbocycles. The molecule has 1 aliphatic heterocycles. The Labute approximate surface area is 147 Å². The van der Waals surface area contributed by atoms with Gasteiger partial charge in [-0.25, -0.2) is 4.79 Å². The van der Waals surface area contributed by atoms with Gasteiger partial charge in [-0.3, -0.25) is 14.9 Å². The molecule has 0 bridgehead atoms. The molecule has 0 fully saturated rings. The molecule has 0 saturated heterocycles. The third-order valence-corrected chi connectivity index (χ3v) is 4.41. The highest BCUT2D eigenvalue weighted by Crippen LogP contribution is 2.42. The molecule has 0 amide bonds. The number of aromatic nitrogens is 1. The van der Waals surface area contributed by atoms with Crippen LogP contribution in [0.4, 0.5) is 5.69 Å². The summed E-state index contributed by atoms with van der Waals surface area (Å²) < 4.78 is 6.80. The Morgan fingerprint density at radius 1 is 1.35 bits per heavy atom. The second-order valence-electron chi connectivity index (χ2n) is 6.51. The molecular weight excluding hydrogens is 344 g/mol. The number of hydrogen-bond donors (Lipinski definition) is 2. The highest BCUT2D eigenvalue weighted by molar-refractivity contribution is 5.87. The summed E-state index contributed by atoms with van der Waals surface area (Å²) in [6.45, 7) is 3.22. The smallest absolute Gasteiger partial charge is 0.341 e. The van der Waals surface area contributed by atoms with E-state index < -0.39 is 39.8 Å². The van der Waals surface area contributed by atoms with Crippen molar-refractivity contribution in [3.63, 3.8) is 0 Å². The van der Waals surface area contributed by atoms with Crippen molar-refractivity contribution >= 4 is 11.7 Å². The largest absolute Gasteiger partial charge is 0.485 e. The molecule has 2 N–H and O–H groups in total. The summed E-state index contributed by atoms with van der Waals surface area (Å²) in [6.07, 6.45) is 0.0888. The van der Waals surface area contributed by atoms with Gasteiger partial charge in [0.25, 0.3) is 11.2 Å². The van der Waals surface area contributed by atoms with Crippen LogP contribution in [-0.4, -0.2) is 37.4 Å². The van der Waals surface area contributed by atoms with Gasteiger partial charge < -0.3 is 19.5 Å². The molecule has 0 spiro atoms. The Morgan fingerprint density at radius 3 is 2.65 bits per heavy atom. The van der Waals surface area contributed by atoms with Crippen molar-refractivity contribution in [2.75, 3.05) is 0 Å². The number of benzene rings is 1. The van der Waals surface area contributed by atoms with Crippen molar-refractivity contribution in [2.24, 2.45) is 0 Å². The predicted molar refractivity (Wildman–Crippen MR) is 89.6 cm³/mol. The van der Waals surface area contributed by atoms with E-state index in [0.717, 1.165) is 10.6 Å². The third-order valence-electron chi connectivity index (χ3n) is 4.41. The number of rotatable bonds is 3. The quantitative estimate of drug-likeness (QED) is 0.627. The van der Waals surface area contributed by atoms with Crippen LogP contribution in [0.3, 0.4) is 0 Å². The highest BCUT2D eigenvalue weighted by Gasteiger charge is 2.45. The van der Waals surface area contributed by atoms with E-state index in [9.17, 15) is 29.9 Å². The maximum atomic E-state index is 12.6. The zero-order chi connectivity index (χ0) is 19.2. The minimum atomic E-state index is -1.40. The normalized spacial score (nSPS) is 20.7. The van der Waals surface area contributed by atoms with Crippen LogP contribution >= 0.6 is 0 Å². The van der Waals surface area contributed by atoms with Crippen LogP contribution in [0.5, 0.6) is 5.75 Å². The molecule has 9 heteroatoms. The Kier molecular flexibility index (Phi) is 4.03. The second kappa shape index (κ2) is 5.95. The van der Waals surface area contributed by atoms with E-state index in [1.807, 2.05) is 0 Å². The van der Waals surface area contributed by atoms with Crippen LogP contribution in [0.2, 0.25) is 0 Å². The molecule has 3 rings (SSSR count). The van der Waals surface area contributed by atoms with Crippen LogP contribution in [0.15, 0.2) is 41.3 Å². The maximum Gasteiger partial charge on any atom is 0.341 e. The van der Waals surface area contributed by atoms with Crippen LogP contribution in [0, 0.1) is 10.1 Å². The first-order valence-corrected chi connectivity index (χ1v) is 7.73. The predicted octanol–water partition coefficient (Wildman–Crippen LogP) is 1.58. The minimum Gasteiger partial charge on any atom is -0.485 e. The van der Waals surface area contributed by atoms with E-state index in [-0.39, 0.29) is 17.0 Å². The number of hydrogen-bond acceptors (Lipinski definition) is 6. The molecule has 2 aromatic rings. The van der Waals surface area contributed by atoms with Crippen molar-refractivity contribution < 1.29 is 24.7 Å². The first kappa shape index (κ1) is 17.6. The minimum absolute atomic E-state index is 0.230. The van der Waals surface area contributed by atoms with Crippen molar-refractivity contribution in [3.8, 4) is 5.75 Å². The molecule has 2 atom stereocenters. The lowest BCUT2D eigenvalue weighted by molar-refractivity contribution is -0.385. The molecule has 1 aromatic heterocycles. The Morgan fingerprint density at radius 2 is 2.04 bits per heavy atom. The van der Waals surface area contributed by atoms with Crippen molar-refractivity contribution in [1.29, 1.82) is 0 Å². The van der Waals surface area contributed by atoms with Gasteiger partial charge >= 0.3 is 5.97 Å². The van der Waals surface area contributed by atoms with Crippen LogP contribution in [-0.2, 0) is 0 Å². The molecular formula is C17H16N2O7. The molecule has 0 aliphatic carbocycles. The summed E-state index contributed by atoms with van der Waals surface area (Å²) >= 11 is 0. The molecule has 136 valence electrons. The third kappa shape index (κ3) is 2.72. The van der Waals surface area contributed by atoms with Gasteiger partial charge in [0.05, 0.1) is 11.0 Å². The van der Waals surface area contributed by atoms with E-state index >= 15 is 0 Å². The van der Waals surface area contributed by atoms with E-state index in [1.54, 1.807) is 13.8 Å². The molecule has 26 heavy (non-hydrogen) atoms. The summed E-state index contributed by atoms with van der Waals surface area (Å²) in [6, 6.07) is 5.38. The van der Waals surface area contributed by atoms with Crippen molar-refractivity contribution in [3.05, 3.63) is 68.1 Å². The summed E-state index contributed by atoms with van der Waals surface area (Å²) in [4.78, 5) is 34.4. The number of ether oxygens (including phenoxy) is 1. The van der Waals surface area contributed by atoms with Gasteiger partial charge in [0.2, 0.25) is 0 Å². The van der Waals surface area contributed by atoms with Gasteiger partial charge in [-0.1, -0.05) is 0 Å². The number of pyridine rings is 1. The van der Waals surface area contributed by atoms with Crippen molar-refractivity contribution in [2.45, 2.75) is 31.6 Å². The van der Waals surface area contributed by atoms with E-state index in [2.05, 4.69) is 0 Å². The van der Waals surface area contributed by atoms with E-state index in [0.29, 0.717) is 0 Å². The number of aliphatic hydroxyl groups excluding tert-OH is 1. The zero-order valence-electron chi connectivity index (χ0n) is 13.9. The summed E-state index contributed by atoms with van der Waals surface area (Å²) in [5, 5.41) is 31.1. The number of nitrogens with zero attached hydrogens (tertiary/aromatic N) is 2.